The van der Waals surface area contributed by atoms with E-state index in [9.17, 15) is 19.0 Å². The second-order valence-corrected chi connectivity index (χ2v) is 27.2. The zero-order chi connectivity index (χ0) is 60.0. The van der Waals surface area contributed by atoms with E-state index in [4.69, 9.17) is 13.8 Å². The molecule has 0 fully saturated rings. The SMILES string of the molecule is CCCCC/C=C\C/C=C\CCCCCCCCCCCCCCCCCC(=O)NC(COP(=O)(O)OCC[N+](C)(C)C)C(/C=C\CCCCCCCCCCCC)OC(=O)CCCCCCCCCCCCCCCCCCCCC. The Bertz CT molecular complexity index is 1500. The summed E-state index contributed by atoms with van der Waals surface area (Å²) in [6.07, 6.45) is 77.3. The van der Waals surface area contributed by atoms with Crippen LogP contribution in [0.3, 0.4) is 0 Å². The fraction of sp³-hybridized carbons (Fsp3) is 0.889. The number of likely N-dealkylation sites (N-methyl/N-ethyl adjacent to an activating group) is 1. The molecule has 2 N–H and O–H groups in total. The Balaban J connectivity index is 5.02. The molecule has 0 radical (unpaired) electrons. The Kier molecular flexibility index (Phi) is 60.9. The number of quaternary nitrogens is 1. The molecule has 9 nitrogen and oxygen atoms in total. The third-order valence-corrected chi connectivity index (χ3v) is 17.3. The van der Waals surface area contributed by atoms with Gasteiger partial charge in [0.15, 0.2) is 0 Å². The van der Waals surface area contributed by atoms with Gasteiger partial charge in [-0.2, -0.15) is 0 Å². The summed E-state index contributed by atoms with van der Waals surface area (Å²) < 4.78 is 30.8. The summed E-state index contributed by atoms with van der Waals surface area (Å²) >= 11 is 0. The van der Waals surface area contributed by atoms with Crippen molar-refractivity contribution in [3.8, 4) is 0 Å². The number of carbonyl (C=O) groups is 2. The number of ether oxygens (including phenoxy) is 1. The van der Waals surface area contributed by atoms with E-state index in [1.165, 1.54) is 263 Å². The van der Waals surface area contributed by atoms with Gasteiger partial charge in [-0.1, -0.05) is 321 Å². The van der Waals surface area contributed by atoms with Crippen LogP contribution in [0, 0.1) is 0 Å². The fourth-order valence-corrected chi connectivity index (χ4v) is 11.5. The standard InChI is InChI=1S/C72H139N2O7P/c1-7-10-13-16-19-22-25-28-30-32-34-35-36-37-38-39-41-42-44-46-49-52-55-58-61-64-71(75)73-69(68-80-82(77,78)79-67-66-74(4,5)6)70(63-60-57-54-51-48-27-24-21-18-15-12-9-3)81-72(76)65-62-59-56-53-50-47-45-43-40-33-31-29-26-23-20-17-14-11-8-2/h19,22,28,30,60,63,69-70H,7-18,20-21,23-27,29,31-59,61-62,64-68H2,1-6H3,(H-,73,75,77,78)/p+1/b22-19-,30-28-,63-60-. The molecule has 0 spiro atoms. The lowest BCUT2D eigenvalue weighted by Gasteiger charge is -2.27. The Hall–Kier alpha value is -1.77. The Morgan fingerprint density at radius 3 is 1.12 bits per heavy atom. The van der Waals surface area contributed by atoms with Crippen molar-refractivity contribution in [3.63, 3.8) is 0 Å². The summed E-state index contributed by atoms with van der Waals surface area (Å²) in [5.74, 6) is -0.484. The lowest BCUT2D eigenvalue weighted by molar-refractivity contribution is -0.870. The van der Waals surface area contributed by atoms with Crippen LogP contribution >= 0.6 is 7.82 Å². The smallest absolute Gasteiger partial charge is 0.456 e. The molecule has 0 heterocycles. The number of nitrogens with zero attached hydrogens (tertiary/aromatic N) is 1. The maximum absolute atomic E-state index is 13.6. The molecule has 82 heavy (non-hydrogen) atoms. The largest absolute Gasteiger partial charge is 0.472 e. The minimum Gasteiger partial charge on any atom is -0.456 e. The van der Waals surface area contributed by atoms with Crippen LogP contribution in [-0.4, -0.2) is 74.3 Å². The molecule has 0 aromatic carbocycles. The Labute approximate surface area is 510 Å². The van der Waals surface area contributed by atoms with Crippen molar-refractivity contribution in [3.05, 3.63) is 36.5 Å². The molecule has 0 rings (SSSR count). The predicted octanol–water partition coefficient (Wildman–Crippen LogP) is 22.6. The van der Waals surface area contributed by atoms with Crippen LogP contribution in [-0.2, 0) is 27.9 Å². The number of hydrogen-bond acceptors (Lipinski definition) is 6. The van der Waals surface area contributed by atoms with Gasteiger partial charge in [0, 0.05) is 12.8 Å². The number of allylic oxidation sites excluding steroid dienone is 5. The van der Waals surface area contributed by atoms with E-state index in [2.05, 4.69) is 50.4 Å². The molecule has 484 valence electrons. The molecular weight excluding hydrogens is 1040 g/mol. The molecule has 0 bridgehead atoms. The maximum Gasteiger partial charge on any atom is 0.472 e. The summed E-state index contributed by atoms with van der Waals surface area (Å²) in [6, 6.07) is -0.844. The summed E-state index contributed by atoms with van der Waals surface area (Å²) in [6.45, 7) is 7.05. The monoisotopic (exact) mass is 1180 g/mol. The van der Waals surface area contributed by atoms with Crippen molar-refractivity contribution < 1.29 is 37.3 Å². The number of unbranched alkanes of at least 4 members (excludes halogenated alkanes) is 46. The second-order valence-electron chi connectivity index (χ2n) is 25.8. The lowest BCUT2D eigenvalue weighted by Crippen LogP contribution is -2.47. The minimum absolute atomic E-state index is 0.0436. The van der Waals surface area contributed by atoms with Crippen molar-refractivity contribution in [1.82, 2.24) is 5.32 Å². The summed E-state index contributed by atoms with van der Waals surface area (Å²) in [4.78, 5) is 37.9. The van der Waals surface area contributed by atoms with Gasteiger partial charge in [-0.3, -0.25) is 18.6 Å². The van der Waals surface area contributed by atoms with Gasteiger partial charge >= 0.3 is 13.8 Å². The fourth-order valence-electron chi connectivity index (χ4n) is 10.8. The summed E-state index contributed by atoms with van der Waals surface area (Å²) in [7, 11) is 1.52. The van der Waals surface area contributed by atoms with Gasteiger partial charge in [-0.25, -0.2) is 4.57 Å². The summed E-state index contributed by atoms with van der Waals surface area (Å²) in [5.41, 5.74) is 0. The number of phosphoric acid groups is 1. The normalized spacial score (nSPS) is 13.7. The highest BCUT2D eigenvalue weighted by molar-refractivity contribution is 7.47. The molecule has 1 amide bonds. The van der Waals surface area contributed by atoms with Crippen molar-refractivity contribution in [2.45, 2.75) is 373 Å². The quantitative estimate of drug-likeness (QED) is 0.0205. The maximum atomic E-state index is 13.6. The number of esters is 1. The van der Waals surface area contributed by atoms with E-state index < -0.39 is 20.0 Å². The molecule has 0 aliphatic heterocycles. The van der Waals surface area contributed by atoms with Crippen molar-refractivity contribution >= 4 is 19.7 Å². The van der Waals surface area contributed by atoms with Gasteiger partial charge in [0.25, 0.3) is 0 Å². The van der Waals surface area contributed by atoms with Crippen LogP contribution in [0.1, 0.15) is 361 Å². The lowest BCUT2D eigenvalue weighted by atomic mass is 10.0. The van der Waals surface area contributed by atoms with Gasteiger partial charge in [0.1, 0.15) is 19.3 Å². The molecule has 10 heteroatoms. The van der Waals surface area contributed by atoms with Crippen molar-refractivity contribution in [2.75, 3.05) is 40.9 Å². The minimum atomic E-state index is -4.45. The van der Waals surface area contributed by atoms with Crippen molar-refractivity contribution in [2.24, 2.45) is 0 Å². The van der Waals surface area contributed by atoms with E-state index in [1.54, 1.807) is 0 Å². The van der Waals surface area contributed by atoms with Gasteiger partial charge in [0.2, 0.25) is 5.91 Å². The molecule has 3 atom stereocenters. The van der Waals surface area contributed by atoms with Crippen LogP contribution in [0.15, 0.2) is 36.5 Å². The van der Waals surface area contributed by atoms with E-state index in [-0.39, 0.29) is 25.1 Å². The zero-order valence-electron chi connectivity index (χ0n) is 55.5. The average Bonchev–Trinajstić information content (AvgIpc) is 3.44. The number of nitrogens with one attached hydrogen (secondary N) is 1. The number of rotatable bonds is 66. The highest BCUT2D eigenvalue weighted by atomic mass is 31.2. The number of phosphoric ester groups is 1. The summed E-state index contributed by atoms with van der Waals surface area (Å²) in [5, 5.41) is 3.08. The third-order valence-electron chi connectivity index (χ3n) is 16.3. The second kappa shape index (κ2) is 62.3. The van der Waals surface area contributed by atoms with E-state index >= 15 is 0 Å². The molecule has 0 saturated heterocycles. The van der Waals surface area contributed by atoms with Crippen molar-refractivity contribution in [1.29, 1.82) is 0 Å². The van der Waals surface area contributed by atoms with Gasteiger partial charge < -0.3 is 19.4 Å². The van der Waals surface area contributed by atoms with Gasteiger partial charge in [-0.05, 0) is 63.9 Å². The van der Waals surface area contributed by atoms with Crippen LogP contribution in [0.5, 0.6) is 0 Å². The first-order valence-corrected chi connectivity index (χ1v) is 37.3. The molecular formula is C72H140N2O7P+. The third kappa shape index (κ3) is 62.8. The van der Waals surface area contributed by atoms with E-state index in [1.807, 2.05) is 33.3 Å². The highest BCUT2D eigenvalue weighted by Gasteiger charge is 2.30. The highest BCUT2D eigenvalue weighted by Crippen LogP contribution is 2.43. The van der Waals surface area contributed by atoms with Crippen LogP contribution in [0.4, 0.5) is 0 Å². The molecule has 0 aromatic heterocycles. The van der Waals surface area contributed by atoms with Gasteiger partial charge in [0.05, 0.1) is 33.8 Å². The first-order chi connectivity index (χ1) is 39.9. The van der Waals surface area contributed by atoms with E-state index in [0.29, 0.717) is 23.9 Å². The van der Waals surface area contributed by atoms with E-state index in [0.717, 1.165) is 64.2 Å². The number of carbonyl (C=O) groups excluding carboxylic acids is 2. The Morgan fingerprint density at radius 2 is 0.744 bits per heavy atom. The zero-order valence-corrected chi connectivity index (χ0v) is 56.4. The molecule has 0 aliphatic rings. The number of hydrogen-bond donors (Lipinski definition) is 2. The van der Waals surface area contributed by atoms with Crippen LogP contribution < -0.4 is 5.32 Å². The number of amides is 1. The van der Waals surface area contributed by atoms with Crippen LogP contribution in [0.25, 0.3) is 0 Å². The first kappa shape index (κ1) is 80.2. The Morgan fingerprint density at radius 1 is 0.427 bits per heavy atom. The predicted molar refractivity (Wildman–Crippen MR) is 356 cm³/mol. The van der Waals surface area contributed by atoms with Crippen LogP contribution in [0.2, 0.25) is 0 Å². The molecule has 3 unspecified atom stereocenters. The van der Waals surface area contributed by atoms with Gasteiger partial charge in [-0.15, -0.1) is 0 Å². The first-order valence-electron chi connectivity index (χ1n) is 35.8. The topological polar surface area (TPSA) is 111 Å². The average molecular weight is 1180 g/mol. The molecule has 0 saturated carbocycles. The molecule has 0 aliphatic carbocycles. The molecule has 0 aromatic rings.